The van der Waals surface area contributed by atoms with Crippen LogP contribution in [0.25, 0.3) is 0 Å². The SMILES string of the molecule is NC(c1ccccc1)C12CCCC(CN1)C2. The molecule has 3 N–H and O–H groups in total. The largest absolute Gasteiger partial charge is 0.322 e. The summed E-state index contributed by atoms with van der Waals surface area (Å²) >= 11 is 0. The van der Waals surface area contributed by atoms with Gasteiger partial charge in [-0.3, -0.25) is 0 Å². The van der Waals surface area contributed by atoms with Gasteiger partial charge in [-0.1, -0.05) is 36.8 Å². The Hall–Kier alpha value is -0.860. The van der Waals surface area contributed by atoms with E-state index in [-0.39, 0.29) is 11.6 Å². The highest BCUT2D eigenvalue weighted by molar-refractivity contribution is 5.24. The Morgan fingerprint density at radius 3 is 2.94 bits per heavy atom. The lowest BCUT2D eigenvalue weighted by Crippen LogP contribution is -2.49. The Kier molecular flexibility index (Phi) is 2.49. The van der Waals surface area contributed by atoms with E-state index >= 15 is 0 Å². The molecule has 1 heterocycles. The minimum atomic E-state index is 0.152. The number of rotatable bonds is 2. The van der Waals surface area contributed by atoms with Crippen molar-refractivity contribution in [3.63, 3.8) is 0 Å². The van der Waals surface area contributed by atoms with E-state index in [2.05, 4.69) is 35.6 Å². The van der Waals surface area contributed by atoms with Gasteiger partial charge in [-0.25, -0.2) is 0 Å². The first-order valence-electron chi connectivity index (χ1n) is 6.36. The summed E-state index contributed by atoms with van der Waals surface area (Å²) in [4.78, 5) is 0. The van der Waals surface area contributed by atoms with Crippen molar-refractivity contribution in [1.82, 2.24) is 5.32 Å². The van der Waals surface area contributed by atoms with Crippen LogP contribution in [0.15, 0.2) is 30.3 Å². The van der Waals surface area contributed by atoms with E-state index in [0.29, 0.717) is 0 Å². The highest BCUT2D eigenvalue weighted by Crippen LogP contribution is 2.43. The summed E-state index contributed by atoms with van der Waals surface area (Å²) in [6.45, 7) is 1.17. The molecule has 86 valence electrons. The van der Waals surface area contributed by atoms with E-state index in [1.165, 1.54) is 37.8 Å². The van der Waals surface area contributed by atoms with Crippen LogP contribution < -0.4 is 11.1 Å². The fourth-order valence-corrected chi connectivity index (χ4v) is 3.48. The van der Waals surface area contributed by atoms with Crippen LogP contribution in [0.5, 0.6) is 0 Å². The second-order valence-electron chi connectivity index (χ2n) is 5.39. The molecule has 3 rings (SSSR count). The maximum Gasteiger partial charge on any atom is 0.0480 e. The first kappa shape index (κ1) is 10.3. The Labute approximate surface area is 97.2 Å². The summed E-state index contributed by atoms with van der Waals surface area (Å²) < 4.78 is 0. The number of hydrogen-bond acceptors (Lipinski definition) is 2. The van der Waals surface area contributed by atoms with Gasteiger partial charge in [-0.15, -0.1) is 0 Å². The average molecular weight is 216 g/mol. The third-order valence-corrected chi connectivity index (χ3v) is 4.39. The summed E-state index contributed by atoms with van der Waals surface area (Å²) in [5.74, 6) is 0.864. The molecular formula is C14H20N2. The molecule has 2 aliphatic rings. The van der Waals surface area contributed by atoms with Gasteiger partial charge in [0, 0.05) is 11.6 Å². The van der Waals surface area contributed by atoms with Crippen LogP contribution in [0.3, 0.4) is 0 Å². The predicted molar refractivity (Wildman–Crippen MR) is 66.1 cm³/mol. The number of benzene rings is 1. The fraction of sp³-hybridized carbons (Fsp3) is 0.571. The normalized spacial score (nSPS) is 34.9. The molecule has 3 unspecified atom stereocenters. The van der Waals surface area contributed by atoms with Crippen molar-refractivity contribution in [1.29, 1.82) is 0 Å². The first-order chi connectivity index (χ1) is 7.80. The minimum absolute atomic E-state index is 0.152. The van der Waals surface area contributed by atoms with Crippen LogP contribution in [-0.4, -0.2) is 12.1 Å². The van der Waals surface area contributed by atoms with Gasteiger partial charge in [0.1, 0.15) is 0 Å². The summed E-state index contributed by atoms with van der Waals surface area (Å²) in [5, 5.41) is 3.71. The zero-order valence-corrected chi connectivity index (χ0v) is 9.65. The van der Waals surface area contributed by atoms with Crippen molar-refractivity contribution >= 4 is 0 Å². The van der Waals surface area contributed by atoms with E-state index in [1.807, 2.05) is 0 Å². The molecule has 0 aromatic heterocycles. The van der Waals surface area contributed by atoms with Crippen LogP contribution in [0.1, 0.15) is 37.3 Å². The van der Waals surface area contributed by atoms with Crippen LogP contribution in [0, 0.1) is 5.92 Å². The molecule has 1 aromatic rings. The maximum absolute atomic E-state index is 6.48. The van der Waals surface area contributed by atoms with Gasteiger partial charge in [-0.2, -0.15) is 0 Å². The smallest absolute Gasteiger partial charge is 0.0480 e. The van der Waals surface area contributed by atoms with E-state index in [4.69, 9.17) is 5.73 Å². The zero-order valence-electron chi connectivity index (χ0n) is 9.65. The van der Waals surface area contributed by atoms with Crippen molar-refractivity contribution < 1.29 is 0 Å². The van der Waals surface area contributed by atoms with Gasteiger partial charge in [-0.05, 0) is 37.3 Å². The summed E-state index contributed by atoms with van der Waals surface area (Å²) in [6.07, 6.45) is 5.22. The number of fused-ring (bicyclic) bond motifs is 2. The predicted octanol–water partition coefficient (Wildman–Crippen LogP) is 2.22. The third kappa shape index (κ3) is 1.57. The Morgan fingerprint density at radius 1 is 1.31 bits per heavy atom. The molecule has 2 fully saturated rings. The summed E-state index contributed by atoms with van der Waals surface area (Å²) in [6, 6.07) is 10.7. The molecule has 16 heavy (non-hydrogen) atoms. The average Bonchev–Trinajstić information content (AvgIpc) is 2.66. The van der Waals surface area contributed by atoms with E-state index in [9.17, 15) is 0 Å². The molecule has 1 aromatic carbocycles. The molecule has 1 aliphatic carbocycles. The van der Waals surface area contributed by atoms with Crippen molar-refractivity contribution in [3.05, 3.63) is 35.9 Å². The quantitative estimate of drug-likeness (QED) is 0.795. The topological polar surface area (TPSA) is 38.0 Å². The summed E-state index contributed by atoms with van der Waals surface area (Å²) in [5.41, 5.74) is 7.94. The molecule has 2 heteroatoms. The van der Waals surface area contributed by atoms with Crippen LogP contribution in [0.2, 0.25) is 0 Å². The van der Waals surface area contributed by atoms with Gasteiger partial charge >= 0.3 is 0 Å². The monoisotopic (exact) mass is 216 g/mol. The van der Waals surface area contributed by atoms with Crippen LogP contribution in [0.4, 0.5) is 0 Å². The van der Waals surface area contributed by atoms with Crippen LogP contribution >= 0.6 is 0 Å². The molecule has 2 bridgehead atoms. The Morgan fingerprint density at radius 2 is 2.12 bits per heavy atom. The highest BCUT2D eigenvalue weighted by Gasteiger charge is 2.45. The second kappa shape index (κ2) is 3.86. The lowest BCUT2D eigenvalue weighted by molar-refractivity contribution is 0.237. The molecule has 1 aliphatic heterocycles. The molecule has 1 saturated carbocycles. The van der Waals surface area contributed by atoms with Gasteiger partial charge in [0.05, 0.1) is 0 Å². The van der Waals surface area contributed by atoms with E-state index in [1.54, 1.807) is 0 Å². The fourth-order valence-electron chi connectivity index (χ4n) is 3.48. The van der Waals surface area contributed by atoms with E-state index < -0.39 is 0 Å². The molecule has 0 spiro atoms. The molecular weight excluding hydrogens is 196 g/mol. The number of nitrogens with two attached hydrogens (primary N) is 1. The van der Waals surface area contributed by atoms with E-state index in [0.717, 1.165) is 5.92 Å². The highest BCUT2D eigenvalue weighted by atomic mass is 15.1. The molecule has 1 saturated heterocycles. The first-order valence-corrected chi connectivity index (χ1v) is 6.36. The Balaban J connectivity index is 1.87. The molecule has 2 nitrogen and oxygen atoms in total. The molecule has 3 atom stereocenters. The van der Waals surface area contributed by atoms with Gasteiger partial charge in [0.2, 0.25) is 0 Å². The van der Waals surface area contributed by atoms with Crippen molar-refractivity contribution in [2.24, 2.45) is 11.7 Å². The lowest BCUT2D eigenvalue weighted by atomic mass is 9.74. The van der Waals surface area contributed by atoms with Gasteiger partial charge < -0.3 is 11.1 Å². The second-order valence-corrected chi connectivity index (χ2v) is 5.39. The third-order valence-electron chi connectivity index (χ3n) is 4.39. The van der Waals surface area contributed by atoms with Crippen LogP contribution in [-0.2, 0) is 0 Å². The standard InChI is InChI=1S/C14H20N2/c15-13(12-6-2-1-3-7-12)14-8-4-5-11(9-14)10-16-14/h1-3,6-7,11,13,16H,4-5,8-10,15H2. The minimum Gasteiger partial charge on any atom is -0.322 e. The van der Waals surface area contributed by atoms with Gasteiger partial charge in [0.25, 0.3) is 0 Å². The lowest BCUT2D eigenvalue weighted by Gasteiger charge is -2.38. The molecule has 0 radical (unpaired) electrons. The zero-order chi connectivity index (χ0) is 11.0. The number of nitrogens with one attached hydrogen (secondary N) is 1. The van der Waals surface area contributed by atoms with Crippen molar-refractivity contribution in [2.75, 3.05) is 6.54 Å². The van der Waals surface area contributed by atoms with Crippen molar-refractivity contribution in [2.45, 2.75) is 37.3 Å². The number of hydrogen-bond donors (Lipinski definition) is 2. The van der Waals surface area contributed by atoms with Gasteiger partial charge in [0.15, 0.2) is 0 Å². The summed E-state index contributed by atoms with van der Waals surface area (Å²) in [7, 11) is 0. The van der Waals surface area contributed by atoms with Crippen molar-refractivity contribution in [3.8, 4) is 0 Å². The Bertz CT molecular complexity index is 358. The molecule has 0 amide bonds. The maximum atomic E-state index is 6.48.